The summed E-state index contributed by atoms with van der Waals surface area (Å²) in [6, 6.07) is 6.90. The van der Waals surface area contributed by atoms with Gasteiger partial charge in [-0.05, 0) is 43.9 Å². The zero-order chi connectivity index (χ0) is 20.0. The summed E-state index contributed by atoms with van der Waals surface area (Å²) in [5.41, 5.74) is 1.03. The molecule has 1 aromatic carbocycles. The van der Waals surface area contributed by atoms with E-state index in [9.17, 15) is 4.39 Å². The Hall–Kier alpha value is -1.75. The van der Waals surface area contributed by atoms with Crippen molar-refractivity contribution in [2.45, 2.75) is 38.1 Å². The van der Waals surface area contributed by atoms with Gasteiger partial charge in [0, 0.05) is 39.3 Å². The van der Waals surface area contributed by atoms with E-state index in [2.05, 4.69) is 25.8 Å². The number of benzene rings is 1. The molecule has 0 amide bonds. The minimum atomic E-state index is -0.187. The molecule has 1 aromatic heterocycles. The second-order valence-electron chi connectivity index (χ2n) is 7.30. The summed E-state index contributed by atoms with van der Waals surface area (Å²) < 4.78 is 20.7. The molecule has 2 N–H and O–H groups in total. The van der Waals surface area contributed by atoms with Crippen LogP contribution >= 0.6 is 24.0 Å². The molecule has 160 valence electrons. The van der Waals surface area contributed by atoms with Gasteiger partial charge in [-0.2, -0.15) is 0 Å². The number of ether oxygens (including phenoxy) is 1. The first kappa shape index (κ1) is 23.5. The maximum atomic E-state index is 13.6. The Morgan fingerprint density at radius 2 is 2.10 bits per heavy atom. The van der Waals surface area contributed by atoms with Gasteiger partial charge in [-0.25, -0.2) is 9.38 Å². The maximum Gasteiger partial charge on any atom is 0.191 e. The molecule has 1 aliphatic rings. The molecule has 0 bridgehead atoms. The summed E-state index contributed by atoms with van der Waals surface area (Å²) >= 11 is 0. The van der Waals surface area contributed by atoms with E-state index in [1.807, 2.05) is 24.6 Å². The van der Waals surface area contributed by atoms with E-state index in [1.54, 1.807) is 19.2 Å². The van der Waals surface area contributed by atoms with Crippen molar-refractivity contribution in [3.8, 4) is 0 Å². The number of nitrogens with one attached hydrogen (secondary N) is 2. The highest BCUT2D eigenvalue weighted by molar-refractivity contribution is 14.0. The Kier molecular flexibility index (Phi) is 8.81. The largest absolute Gasteiger partial charge is 0.385 e. The van der Waals surface area contributed by atoms with Gasteiger partial charge in [0.2, 0.25) is 0 Å². The summed E-state index contributed by atoms with van der Waals surface area (Å²) in [5.74, 6) is 2.20. The van der Waals surface area contributed by atoms with E-state index in [4.69, 9.17) is 4.74 Å². The van der Waals surface area contributed by atoms with Crippen LogP contribution in [0.25, 0.3) is 0 Å². The number of nitrogens with zero attached hydrogens (tertiary/aromatic N) is 4. The average Bonchev–Trinajstić information content (AvgIpc) is 3.42. The Bertz CT molecular complexity index is 821. The van der Waals surface area contributed by atoms with Crippen LogP contribution in [0.5, 0.6) is 0 Å². The number of guanidine groups is 1. The predicted molar refractivity (Wildman–Crippen MR) is 122 cm³/mol. The van der Waals surface area contributed by atoms with Crippen LogP contribution in [0.1, 0.15) is 36.5 Å². The Balaban J connectivity index is 0.00000300. The lowest BCUT2D eigenvalue weighted by Gasteiger charge is -2.19. The highest BCUT2D eigenvalue weighted by Gasteiger charge is 2.44. The maximum absolute atomic E-state index is 13.6. The first-order valence-electron chi connectivity index (χ1n) is 9.66. The van der Waals surface area contributed by atoms with Crippen molar-refractivity contribution in [2.75, 3.05) is 26.8 Å². The molecular weight excluding hydrogens is 486 g/mol. The normalized spacial score (nSPS) is 15.0. The van der Waals surface area contributed by atoms with E-state index in [-0.39, 0.29) is 35.2 Å². The fraction of sp³-hybridized carbons (Fsp3) is 0.550. The lowest BCUT2D eigenvalue weighted by atomic mass is 9.96. The summed E-state index contributed by atoms with van der Waals surface area (Å²) in [6.45, 7) is 4.51. The molecule has 0 atom stereocenters. The van der Waals surface area contributed by atoms with Crippen molar-refractivity contribution >= 4 is 29.9 Å². The fourth-order valence-electron chi connectivity index (χ4n) is 3.13. The number of hydrogen-bond donors (Lipinski definition) is 2. The van der Waals surface area contributed by atoms with Crippen LogP contribution in [0, 0.1) is 12.7 Å². The molecule has 0 radical (unpaired) electrons. The molecule has 0 saturated heterocycles. The second kappa shape index (κ2) is 10.9. The number of hydrogen-bond acceptors (Lipinski definition) is 4. The molecule has 1 heterocycles. The highest BCUT2D eigenvalue weighted by atomic mass is 127. The minimum Gasteiger partial charge on any atom is -0.385 e. The van der Waals surface area contributed by atoms with Crippen LogP contribution in [0.4, 0.5) is 4.39 Å². The lowest BCUT2D eigenvalue weighted by molar-refractivity contribution is 0.195. The zero-order valence-electron chi connectivity index (χ0n) is 17.2. The van der Waals surface area contributed by atoms with Gasteiger partial charge in [-0.3, -0.25) is 0 Å². The minimum absolute atomic E-state index is 0. The van der Waals surface area contributed by atoms with Crippen molar-refractivity contribution in [1.29, 1.82) is 0 Å². The van der Waals surface area contributed by atoms with E-state index in [1.165, 1.54) is 6.07 Å². The van der Waals surface area contributed by atoms with Gasteiger partial charge < -0.3 is 19.9 Å². The topological polar surface area (TPSA) is 76.4 Å². The lowest BCUT2D eigenvalue weighted by Crippen LogP contribution is -2.42. The number of rotatable bonds is 9. The van der Waals surface area contributed by atoms with Crippen molar-refractivity contribution in [3.05, 3.63) is 47.3 Å². The van der Waals surface area contributed by atoms with Crippen LogP contribution in [-0.2, 0) is 23.7 Å². The summed E-state index contributed by atoms with van der Waals surface area (Å²) in [7, 11) is 3.63. The Labute approximate surface area is 188 Å². The molecule has 2 aromatic rings. The molecule has 7 nitrogen and oxygen atoms in total. The zero-order valence-corrected chi connectivity index (χ0v) is 19.6. The smallest absolute Gasteiger partial charge is 0.191 e. The third-order valence-corrected chi connectivity index (χ3v) is 5.26. The first-order chi connectivity index (χ1) is 13.5. The molecule has 1 fully saturated rings. The highest BCUT2D eigenvalue weighted by Crippen LogP contribution is 2.47. The van der Waals surface area contributed by atoms with Crippen LogP contribution in [0.3, 0.4) is 0 Å². The van der Waals surface area contributed by atoms with Gasteiger partial charge in [-0.15, -0.1) is 34.2 Å². The molecule has 1 aliphatic carbocycles. The molecule has 0 spiro atoms. The van der Waals surface area contributed by atoms with Gasteiger partial charge >= 0.3 is 0 Å². The second-order valence-corrected chi connectivity index (χ2v) is 7.30. The van der Waals surface area contributed by atoms with Crippen LogP contribution in [0.2, 0.25) is 0 Å². The van der Waals surface area contributed by atoms with Crippen LogP contribution < -0.4 is 10.6 Å². The van der Waals surface area contributed by atoms with Gasteiger partial charge in [0.25, 0.3) is 0 Å². The first-order valence-corrected chi connectivity index (χ1v) is 9.66. The fourth-order valence-corrected chi connectivity index (χ4v) is 3.13. The third kappa shape index (κ3) is 6.36. The predicted octanol–water partition coefficient (Wildman–Crippen LogP) is 2.68. The van der Waals surface area contributed by atoms with Gasteiger partial charge in [0.05, 0.1) is 0 Å². The van der Waals surface area contributed by atoms with Crippen molar-refractivity contribution in [1.82, 2.24) is 25.4 Å². The van der Waals surface area contributed by atoms with E-state index in [0.717, 1.165) is 49.0 Å². The number of aromatic nitrogens is 3. The van der Waals surface area contributed by atoms with Crippen LogP contribution in [-0.4, -0.2) is 47.5 Å². The summed E-state index contributed by atoms with van der Waals surface area (Å²) in [4.78, 5) is 4.66. The molecule has 9 heteroatoms. The number of aliphatic imine (C=N–C) groups is 1. The van der Waals surface area contributed by atoms with Crippen molar-refractivity contribution < 1.29 is 9.13 Å². The SMILES string of the molecule is COCCCNC(=NCc1nnc(C)n1C)NCC1(c2cccc(F)c2)CC1.I. The quantitative estimate of drug-likeness (QED) is 0.232. The Morgan fingerprint density at radius 1 is 1.31 bits per heavy atom. The number of methoxy groups -OCH3 is 1. The molecule has 0 unspecified atom stereocenters. The summed E-state index contributed by atoms with van der Waals surface area (Å²) in [6.07, 6.45) is 2.97. The van der Waals surface area contributed by atoms with E-state index in [0.29, 0.717) is 19.7 Å². The number of aryl methyl sites for hydroxylation is 1. The van der Waals surface area contributed by atoms with Crippen molar-refractivity contribution in [3.63, 3.8) is 0 Å². The third-order valence-electron chi connectivity index (χ3n) is 5.26. The van der Waals surface area contributed by atoms with Gasteiger partial charge in [0.1, 0.15) is 18.2 Å². The summed E-state index contributed by atoms with van der Waals surface area (Å²) in [5, 5.41) is 15.0. The molecule has 29 heavy (non-hydrogen) atoms. The monoisotopic (exact) mass is 516 g/mol. The van der Waals surface area contributed by atoms with Crippen LogP contribution in [0.15, 0.2) is 29.3 Å². The molecule has 0 aliphatic heterocycles. The van der Waals surface area contributed by atoms with Gasteiger partial charge in [0.15, 0.2) is 11.8 Å². The van der Waals surface area contributed by atoms with Crippen molar-refractivity contribution in [2.24, 2.45) is 12.0 Å². The molecule has 3 rings (SSSR count). The standard InChI is InChI=1S/C20H29FN6O.HI/c1-15-25-26-18(27(15)2)13-23-19(22-10-5-11-28-3)24-14-20(8-9-20)16-6-4-7-17(21)12-16;/h4,6-7,12H,5,8-11,13-14H2,1-3H3,(H2,22,23,24);1H. The van der Waals surface area contributed by atoms with E-state index >= 15 is 0 Å². The molecular formula is C20H30FIN6O. The number of halogens is 2. The van der Waals surface area contributed by atoms with Gasteiger partial charge in [-0.1, -0.05) is 12.1 Å². The Morgan fingerprint density at radius 3 is 2.72 bits per heavy atom. The van der Waals surface area contributed by atoms with E-state index < -0.39 is 0 Å². The average molecular weight is 516 g/mol. The molecule has 1 saturated carbocycles.